The lowest BCUT2D eigenvalue weighted by Crippen LogP contribution is -2.45. The van der Waals surface area contributed by atoms with Crippen molar-refractivity contribution in [2.24, 2.45) is 29.6 Å². The molecule has 160 valence electrons. The van der Waals surface area contributed by atoms with Crippen LogP contribution in [0.25, 0.3) is 0 Å². The van der Waals surface area contributed by atoms with E-state index in [0.29, 0.717) is 6.54 Å². The van der Waals surface area contributed by atoms with E-state index in [1.54, 1.807) is 11.3 Å². The second-order valence-electron chi connectivity index (χ2n) is 9.32. The van der Waals surface area contributed by atoms with Crippen LogP contribution in [0.15, 0.2) is 29.7 Å². The van der Waals surface area contributed by atoms with Gasteiger partial charge in [-0.2, -0.15) is 0 Å². The lowest BCUT2D eigenvalue weighted by atomic mass is 9.85. The summed E-state index contributed by atoms with van der Waals surface area (Å²) < 4.78 is 0. The molecule has 1 saturated carbocycles. The fraction of sp³-hybridized carbons (Fsp3) is 0.609. The fourth-order valence-corrected chi connectivity index (χ4v) is 6.62. The normalized spacial score (nSPS) is 32.1. The summed E-state index contributed by atoms with van der Waals surface area (Å²) in [5, 5.41) is 5.08. The van der Waals surface area contributed by atoms with Crippen molar-refractivity contribution in [3.63, 3.8) is 0 Å². The minimum atomic E-state index is -0.246. The molecule has 4 aliphatic rings. The number of nitrogens with one attached hydrogen (secondary N) is 1. The molecule has 2 aliphatic heterocycles. The second-order valence-corrected chi connectivity index (χ2v) is 10.3. The number of imide groups is 1. The first-order valence-electron chi connectivity index (χ1n) is 11.1. The zero-order valence-electron chi connectivity index (χ0n) is 17.3. The highest BCUT2D eigenvalue weighted by Gasteiger charge is 2.59. The minimum Gasteiger partial charge on any atom is -0.353 e. The Morgan fingerprint density at radius 2 is 1.83 bits per heavy atom. The van der Waals surface area contributed by atoms with Crippen LogP contribution in [0.2, 0.25) is 0 Å². The molecule has 0 aromatic carbocycles. The molecule has 3 fully saturated rings. The van der Waals surface area contributed by atoms with Gasteiger partial charge in [0.1, 0.15) is 6.54 Å². The number of rotatable bonds is 6. The van der Waals surface area contributed by atoms with Gasteiger partial charge in [0.05, 0.1) is 17.9 Å². The number of piperidine rings is 1. The average Bonchev–Trinajstić information content (AvgIpc) is 3.52. The van der Waals surface area contributed by atoms with Crippen LogP contribution in [-0.2, 0) is 14.4 Å². The Morgan fingerprint density at radius 1 is 1.17 bits per heavy atom. The molecule has 7 heteroatoms. The van der Waals surface area contributed by atoms with Crippen LogP contribution in [0, 0.1) is 29.6 Å². The lowest BCUT2D eigenvalue weighted by molar-refractivity contribution is -0.144. The van der Waals surface area contributed by atoms with E-state index in [2.05, 4.69) is 40.7 Å². The van der Waals surface area contributed by atoms with Crippen molar-refractivity contribution in [2.45, 2.75) is 32.2 Å². The maximum absolute atomic E-state index is 12.8. The zero-order valence-corrected chi connectivity index (χ0v) is 18.1. The molecule has 2 aliphatic carbocycles. The number of amides is 3. The predicted octanol–water partition coefficient (Wildman–Crippen LogP) is 2.44. The number of nitrogens with zero attached hydrogens (tertiary/aromatic N) is 2. The van der Waals surface area contributed by atoms with Crippen molar-refractivity contribution < 1.29 is 14.4 Å². The van der Waals surface area contributed by atoms with E-state index in [0.717, 1.165) is 25.4 Å². The first-order valence-corrected chi connectivity index (χ1v) is 12.0. The molecule has 1 aromatic heterocycles. The molecule has 1 aromatic rings. The quantitative estimate of drug-likeness (QED) is 0.559. The van der Waals surface area contributed by atoms with Gasteiger partial charge in [-0.1, -0.05) is 25.1 Å². The van der Waals surface area contributed by atoms with E-state index in [9.17, 15) is 14.4 Å². The fourth-order valence-electron chi connectivity index (χ4n) is 5.76. The number of fused-ring (bicyclic) bond motifs is 5. The zero-order chi connectivity index (χ0) is 20.8. The minimum absolute atomic E-state index is 0.144. The largest absolute Gasteiger partial charge is 0.353 e. The highest BCUT2D eigenvalue weighted by atomic mass is 32.1. The molecule has 6 nitrogen and oxygen atoms in total. The molecule has 0 radical (unpaired) electrons. The van der Waals surface area contributed by atoms with Crippen LogP contribution >= 0.6 is 11.3 Å². The molecular formula is C23H29N3O3S. The van der Waals surface area contributed by atoms with Crippen LogP contribution in [0.4, 0.5) is 0 Å². The lowest BCUT2D eigenvalue weighted by Gasteiger charge is -2.36. The molecule has 2 saturated heterocycles. The van der Waals surface area contributed by atoms with Crippen LogP contribution < -0.4 is 5.32 Å². The summed E-state index contributed by atoms with van der Waals surface area (Å²) in [6, 6.07) is 4.31. The maximum atomic E-state index is 12.8. The van der Waals surface area contributed by atoms with Gasteiger partial charge in [-0.05, 0) is 61.6 Å². The van der Waals surface area contributed by atoms with Gasteiger partial charge in [-0.3, -0.25) is 24.2 Å². The average molecular weight is 428 g/mol. The van der Waals surface area contributed by atoms with Gasteiger partial charge in [0.2, 0.25) is 17.7 Å². The van der Waals surface area contributed by atoms with Crippen molar-refractivity contribution in [1.82, 2.24) is 15.1 Å². The van der Waals surface area contributed by atoms with E-state index in [-0.39, 0.29) is 54.0 Å². The number of thiophene rings is 1. The van der Waals surface area contributed by atoms with Gasteiger partial charge in [0.25, 0.3) is 0 Å². The Hall–Kier alpha value is -1.99. The number of allylic oxidation sites excluding steroid dienone is 2. The molecule has 5 rings (SSSR count). The monoisotopic (exact) mass is 427 g/mol. The maximum Gasteiger partial charge on any atom is 0.240 e. The molecule has 3 amide bonds. The molecule has 5 atom stereocenters. The van der Waals surface area contributed by atoms with Crippen LogP contribution in [0.1, 0.15) is 37.1 Å². The van der Waals surface area contributed by atoms with Crippen molar-refractivity contribution in [3.8, 4) is 0 Å². The molecular weight excluding hydrogens is 398 g/mol. The van der Waals surface area contributed by atoms with E-state index in [1.165, 1.54) is 22.6 Å². The summed E-state index contributed by atoms with van der Waals surface area (Å²) in [6.07, 6.45) is 7.40. The van der Waals surface area contributed by atoms with Gasteiger partial charge >= 0.3 is 0 Å². The first-order chi connectivity index (χ1) is 14.5. The smallest absolute Gasteiger partial charge is 0.240 e. The second kappa shape index (κ2) is 7.93. The first kappa shape index (κ1) is 19.9. The molecule has 5 unspecified atom stereocenters. The van der Waals surface area contributed by atoms with Crippen LogP contribution in [0.3, 0.4) is 0 Å². The molecule has 30 heavy (non-hydrogen) atoms. The van der Waals surface area contributed by atoms with Gasteiger partial charge < -0.3 is 5.32 Å². The van der Waals surface area contributed by atoms with E-state index in [1.807, 2.05) is 6.07 Å². The molecule has 0 spiro atoms. The van der Waals surface area contributed by atoms with Gasteiger partial charge in [-0.25, -0.2) is 0 Å². The van der Waals surface area contributed by atoms with Crippen LogP contribution in [-0.4, -0.2) is 53.7 Å². The highest BCUT2D eigenvalue weighted by molar-refractivity contribution is 7.10. The Bertz CT molecular complexity index is 829. The number of hydrogen-bond acceptors (Lipinski definition) is 5. The third-order valence-corrected chi connectivity index (χ3v) is 8.46. The van der Waals surface area contributed by atoms with Crippen molar-refractivity contribution in [3.05, 3.63) is 34.5 Å². The van der Waals surface area contributed by atoms with Crippen molar-refractivity contribution in [1.29, 1.82) is 0 Å². The SMILES string of the molecule is CC1CCN(C(CNC(=O)CN2C(=O)C3C4C=CC(C4)C3C2=O)c2cccs2)CC1. The number of carbonyl (C=O) groups excluding carboxylic acids is 3. The third-order valence-electron chi connectivity index (χ3n) is 7.49. The Balaban J connectivity index is 1.21. The summed E-state index contributed by atoms with van der Waals surface area (Å²) in [5.74, 6) is 0.0567. The summed E-state index contributed by atoms with van der Waals surface area (Å²) in [5.41, 5.74) is 0. The van der Waals surface area contributed by atoms with Crippen molar-refractivity contribution >= 4 is 29.1 Å². The Morgan fingerprint density at radius 3 is 2.43 bits per heavy atom. The topological polar surface area (TPSA) is 69.7 Å². The van der Waals surface area contributed by atoms with Gasteiger partial charge in [0.15, 0.2) is 0 Å². The van der Waals surface area contributed by atoms with Crippen molar-refractivity contribution in [2.75, 3.05) is 26.2 Å². The summed E-state index contributed by atoms with van der Waals surface area (Å²) in [6.45, 7) is 4.70. The molecule has 1 N–H and O–H groups in total. The Labute approximate surface area is 181 Å². The summed E-state index contributed by atoms with van der Waals surface area (Å²) >= 11 is 1.71. The van der Waals surface area contributed by atoms with Crippen LogP contribution in [0.5, 0.6) is 0 Å². The van der Waals surface area contributed by atoms with E-state index >= 15 is 0 Å². The summed E-state index contributed by atoms with van der Waals surface area (Å²) in [7, 11) is 0. The van der Waals surface area contributed by atoms with Gasteiger partial charge in [0, 0.05) is 11.4 Å². The number of carbonyl (C=O) groups is 3. The Kier molecular flexibility index (Phi) is 5.27. The van der Waals surface area contributed by atoms with E-state index in [4.69, 9.17) is 0 Å². The third kappa shape index (κ3) is 3.42. The number of likely N-dealkylation sites (tertiary alicyclic amines) is 2. The molecule has 3 heterocycles. The standard InChI is InChI=1S/C23H29N3O3S/c1-14-6-8-25(9-7-14)17(18-3-2-10-30-18)12-24-19(27)13-26-22(28)20-15-4-5-16(11-15)21(20)23(26)29/h2-5,10,14-17,20-21H,6-9,11-13H2,1H3,(H,24,27). The van der Waals surface area contributed by atoms with Gasteiger partial charge in [-0.15, -0.1) is 11.3 Å². The van der Waals surface area contributed by atoms with E-state index < -0.39 is 0 Å². The highest BCUT2D eigenvalue weighted by Crippen LogP contribution is 2.52. The molecule has 2 bridgehead atoms. The number of hydrogen-bond donors (Lipinski definition) is 1. The summed E-state index contributed by atoms with van der Waals surface area (Å²) in [4.78, 5) is 43.2. The predicted molar refractivity (Wildman–Crippen MR) is 114 cm³/mol.